The lowest BCUT2D eigenvalue weighted by Gasteiger charge is -2.25. The largest absolute Gasteiger partial charge is 0.496 e. The van der Waals surface area contributed by atoms with Crippen LogP contribution in [0.2, 0.25) is 0 Å². The molecular weight excluding hydrogens is 440 g/mol. The van der Waals surface area contributed by atoms with Gasteiger partial charge in [0.25, 0.3) is 0 Å². The Kier molecular flexibility index (Phi) is 9.56. The molecule has 184 valence electrons. The first-order valence-electron chi connectivity index (χ1n) is 12.2. The van der Waals surface area contributed by atoms with E-state index in [0.29, 0.717) is 26.4 Å². The van der Waals surface area contributed by atoms with Gasteiger partial charge in [-0.15, -0.1) is 0 Å². The van der Waals surface area contributed by atoms with Gasteiger partial charge in [-0.1, -0.05) is 65.8 Å². The summed E-state index contributed by atoms with van der Waals surface area (Å²) in [5.41, 5.74) is 4.44. The molecule has 1 saturated heterocycles. The zero-order valence-electron chi connectivity index (χ0n) is 20.3. The molecule has 0 bridgehead atoms. The van der Waals surface area contributed by atoms with E-state index in [1.165, 1.54) is 5.56 Å². The molecule has 1 unspecified atom stereocenters. The van der Waals surface area contributed by atoms with Gasteiger partial charge >= 0.3 is 0 Å². The third kappa shape index (κ3) is 7.57. The topological polar surface area (TPSA) is 61.3 Å². The van der Waals surface area contributed by atoms with Gasteiger partial charge < -0.3 is 24.4 Å². The highest BCUT2D eigenvalue weighted by Crippen LogP contribution is 2.26. The molecule has 6 nitrogen and oxygen atoms in total. The number of methoxy groups -OCH3 is 1. The van der Waals surface area contributed by atoms with Crippen LogP contribution in [0.5, 0.6) is 11.5 Å². The Morgan fingerprint density at radius 3 is 2.51 bits per heavy atom. The number of piperidine rings is 1. The molecule has 3 aromatic carbocycles. The second-order valence-electron chi connectivity index (χ2n) is 8.50. The lowest BCUT2D eigenvalue weighted by molar-refractivity contribution is 0.105. The lowest BCUT2D eigenvalue weighted by atomic mass is 9.88. The minimum atomic E-state index is 0.254. The summed E-state index contributed by atoms with van der Waals surface area (Å²) in [4.78, 5) is 5.67. The van der Waals surface area contributed by atoms with Crippen LogP contribution < -0.4 is 14.8 Å². The molecule has 4 rings (SSSR count). The number of nitrogens with one attached hydrogen (secondary N) is 1. The zero-order chi connectivity index (χ0) is 24.1. The van der Waals surface area contributed by atoms with E-state index >= 15 is 0 Å². The summed E-state index contributed by atoms with van der Waals surface area (Å²) < 4.78 is 17.1. The molecule has 0 aromatic heterocycles. The Hall–Kier alpha value is -3.35. The van der Waals surface area contributed by atoms with Crippen LogP contribution in [0.3, 0.4) is 0 Å². The van der Waals surface area contributed by atoms with Gasteiger partial charge in [0.1, 0.15) is 18.1 Å². The Labute approximate surface area is 207 Å². The van der Waals surface area contributed by atoms with Gasteiger partial charge in [0.15, 0.2) is 0 Å². The molecule has 1 aliphatic rings. The van der Waals surface area contributed by atoms with Crippen LogP contribution in [0.1, 0.15) is 35.4 Å². The molecular formula is C29H34N2O4. The van der Waals surface area contributed by atoms with Crippen molar-refractivity contribution in [2.24, 2.45) is 5.16 Å². The van der Waals surface area contributed by atoms with E-state index in [1.54, 1.807) is 7.11 Å². The third-order valence-corrected chi connectivity index (χ3v) is 6.01. The highest BCUT2D eigenvalue weighted by molar-refractivity contribution is 5.93. The standard InChI is InChI=1S/C29H34N2O4/c1-32-29-11-6-5-10-25(29)22-33-18-7-19-34-26-14-12-24(13-15-26)27-16-17-30-20-28(27)31-35-21-23-8-3-2-4-9-23/h2-6,8-15,27,30H,7,16-22H2,1H3. The van der Waals surface area contributed by atoms with Crippen LogP contribution in [0.4, 0.5) is 0 Å². The number of rotatable bonds is 12. The molecule has 6 heteroatoms. The fraction of sp³-hybridized carbons (Fsp3) is 0.345. The van der Waals surface area contributed by atoms with E-state index in [0.717, 1.165) is 54.3 Å². The van der Waals surface area contributed by atoms with Crippen molar-refractivity contribution < 1.29 is 19.0 Å². The summed E-state index contributed by atoms with van der Waals surface area (Å²) >= 11 is 0. The first kappa shape index (κ1) is 24.8. The van der Waals surface area contributed by atoms with E-state index in [-0.39, 0.29) is 5.92 Å². The van der Waals surface area contributed by atoms with Gasteiger partial charge in [0.2, 0.25) is 0 Å². The third-order valence-electron chi connectivity index (χ3n) is 6.01. The van der Waals surface area contributed by atoms with Gasteiger partial charge in [-0.2, -0.15) is 0 Å². The average molecular weight is 475 g/mol. The van der Waals surface area contributed by atoms with Crippen molar-refractivity contribution in [1.29, 1.82) is 0 Å². The molecule has 0 aliphatic carbocycles. The first-order chi connectivity index (χ1) is 17.3. The van der Waals surface area contributed by atoms with Crippen molar-refractivity contribution >= 4 is 5.71 Å². The van der Waals surface area contributed by atoms with Crippen molar-refractivity contribution in [3.8, 4) is 11.5 Å². The summed E-state index contributed by atoms with van der Waals surface area (Å²) in [5.74, 6) is 1.98. The minimum Gasteiger partial charge on any atom is -0.496 e. The summed E-state index contributed by atoms with van der Waals surface area (Å²) in [5, 5.41) is 7.87. The van der Waals surface area contributed by atoms with Crippen molar-refractivity contribution in [1.82, 2.24) is 5.32 Å². The fourth-order valence-corrected chi connectivity index (χ4v) is 4.12. The van der Waals surface area contributed by atoms with Gasteiger partial charge in [-0.25, -0.2) is 0 Å². The second kappa shape index (κ2) is 13.5. The molecule has 1 fully saturated rings. The van der Waals surface area contributed by atoms with E-state index in [9.17, 15) is 0 Å². The Bertz CT molecular complexity index is 1050. The maximum absolute atomic E-state index is 5.91. The number of ether oxygens (including phenoxy) is 3. The van der Waals surface area contributed by atoms with Crippen molar-refractivity contribution in [2.45, 2.75) is 32.0 Å². The maximum atomic E-state index is 5.91. The number of para-hydroxylation sites is 1. The number of hydrogen-bond acceptors (Lipinski definition) is 6. The van der Waals surface area contributed by atoms with Crippen LogP contribution in [-0.4, -0.2) is 39.1 Å². The number of oxime groups is 1. The predicted octanol–water partition coefficient (Wildman–Crippen LogP) is 5.33. The van der Waals surface area contributed by atoms with E-state index in [4.69, 9.17) is 19.0 Å². The van der Waals surface area contributed by atoms with E-state index < -0.39 is 0 Å². The quantitative estimate of drug-likeness (QED) is 0.284. The van der Waals surface area contributed by atoms with Crippen LogP contribution >= 0.6 is 0 Å². The molecule has 0 spiro atoms. The SMILES string of the molecule is COc1ccccc1COCCCOc1ccc(C2CCNCC2=NOCc2ccccc2)cc1. The minimum absolute atomic E-state index is 0.254. The van der Waals surface area contributed by atoms with Crippen LogP contribution in [-0.2, 0) is 22.8 Å². The van der Waals surface area contributed by atoms with Crippen molar-refractivity contribution in [2.75, 3.05) is 33.4 Å². The monoisotopic (exact) mass is 474 g/mol. The molecule has 3 aromatic rings. The van der Waals surface area contributed by atoms with Crippen molar-refractivity contribution in [3.63, 3.8) is 0 Å². The van der Waals surface area contributed by atoms with Crippen LogP contribution in [0, 0.1) is 0 Å². The van der Waals surface area contributed by atoms with E-state index in [2.05, 4.69) is 22.6 Å². The molecule has 1 N–H and O–H groups in total. The molecule has 0 amide bonds. The highest BCUT2D eigenvalue weighted by Gasteiger charge is 2.22. The van der Waals surface area contributed by atoms with E-state index in [1.807, 2.05) is 66.7 Å². The van der Waals surface area contributed by atoms with Gasteiger partial charge in [0.05, 0.1) is 32.6 Å². The summed E-state index contributed by atoms with van der Waals surface area (Å²) in [7, 11) is 1.68. The zero-order valence-corrected chi connectivity index (χ0v) is 20.3. The number of hydrogen-bond donors (Lipinski definition) is 1. The molecule has 0 radical (unpaired) electrons. The Morgan fingerprint density at radius 2 is 1.69 bits per heavy atom. The maximum Gasteiger partial charge on any atom is 0.142 e. The normalized spacial score (nSPS) is 16.7. The van der Waals surface area contributed by atoms with Gasteiger partial charge in [0, 0.05) is 24.4 Å². The molecule has 1 atom stereocenters. The molecule has 35 heavy (non-hydrogen) atoms. The predicted molar refractivity (Wildman–Crippen MR) is 138 cm³/mol. The van der Waals surface area contributed by atoms with Gasteiger partial charge in [-0.05, 0) is 42.3 Å². The molecule has 0 saturated carbocycles. The Morgan fingerprint density at radius 1 is 0.886 bits per heavy atom. The number of benzene rings is 3. The molecule has 1 aliphatic heterocycles. The molecule has 1 heterocycles. The van der Waals surface area contributed by atoms with Crippen molar-refractivity contribution in [3.05, 3.63) is 95.6 Å². The first-order valence-corrected chi connectivity index (χ1v) is 12.2. The smallest absolute Gasteiger partial charge is 0.142 e. The summed E-state index contributed by atoms with van der Waals surface area (Å²) in [6.07, 6.45) is 1.82. The second-order valence-corrected chi connectivity index (χ2v) is 8.50. The van der Waals surface area contributed by atoms with Crippen LogP contribution in [0.15, 0.2) is 84.0 Å². The Balaban J connectivity index is 1.21. The summed E-state index contributed by atoms with van der Waals surface area (Å²) in [6.45, 7) is 3.97. The average Bonchev–Trinajstić information content (AvgIpc) is 2.92. The summed E-state index contributed by atoms with van der Waals surface area (Å²) in [6, 6.07) is 26.4. The van der Waals surface area contributed by atoms with Crippen LogP contribution in [0.25, 0.3) is 0 Å². The highest BCUT2D eigenvalue weighted by atomic mass is 16.6. The fourth-order valence-electron chi connectivity index (χ4n) is 4.12. The van der Waals surface area contributed by atoms with Gasteiger partial charge in [-0.3, -0.25) is 0 Å². The lowest BCUT2D eigenvalue weighted by Crippen LogP contribution is -2.36. The number of nitrogens with zero attached hydrogens (tertiary/aromatic N) is 1.